The predicted octanol–water partition coefficient (Wildman–Crippen LogP) is 25.3. The summed E-state index contributed by atoms with van der Waals surface area (Å²) >= 11 is 0. The van der Waals surface area contributed by atoms with Gasteiger partial charge in [0.25, 0.3) is 0 Å². The quantitative estimate of drug-likeness (QED) is 0.0369. The molecule has 1 aromatic rings. The summed E-state index contributed by atoms with van der Waals surface area (Å²) in [6.45, 7) is 11.8. The van der Waals surface area contributed by atoms with Crippen LogP contribution in [0, 0.1) is 18.8 Å². The molecule has 0 heterocycles. The number of carbonyl (C=O) groups is 3. The Hall–Kier alpha value is -2.17. The molecule has 0 bridgehead atoms. The molecule has 0 N–H and O–H groups in total. The number of esters is 2. The van der Waals surface area contributed by atoms with Crippen LogP contribution in [-0.2, 0) is 9.47 Å². The summed E-state index contributed by atoms with van der Waals surface area (Å²) in [5.41, 5.74) is 1.50. The van der Waals surface area contributed by atoms with Crippen molar-refractivity contribution in [2.24, 2.45) is 11.8 Å². The molecule has 0 aromatic heterocycles. The molecular weight excluding hydrogens is 969 g/mol. The monoisotopic (exact) mass is 1110 g/mol. The number of aldehydes is 1. The molecule has 0 aliphatic carbocycles. The Labute approximate surface area is 493 Å². The van der Waals surface area contributed by atoms with Crippen LogP contribution in [0.25, 0.3) is 0 Å². The second kappa shape index (κ2) is 59.0. The maximum Gasteiger partial charge on any atom is 0.338 e. The van der Waals surface area contributed by atoms with E-state index in [4.69, 9.17) is 9.47 Å². The van der Waals surface area contributed by atoms with Gasteiger partial charge in [0.1, 0.15) is 0 Å². The Morgan fingerprint density at radius 3 is 0.734 bits per heavy atom. The zero-order valence-corrected chi connectivity index (χ0v) is 53.9. The minimum atomic E-state index is -0.501. The zero-order chi connectivity index (χ0) is 57.2. The van der Waals surface area contributed by atoms with Gasteiger partial charge in [-0.15, -0.1) is 0 Å². The maximum atomic E-state index is 13.9. The fraction of sp³-hybridized carbons (Fsp3) is 0.878. The van der Waals surface area contributed by atoms with E-state index >= 15 is 0 Å². The number of rotatable bonds is 63. The molecule has 0 amide bonds. The first-order chi connectivity index (χ1) is 38.9. The van der Waals surface area contributed by atoms with Gasteiger partial charge in [-0.05, 0) is 62.1 Å². The Balaban J connectivity index is 2.81. The topological polar surface area (TPSA) is 69.7 Å². The summed E-state index contributed by atoms with van der Waals surface area (Å²) in [4.78, 5) is 40.3. The van der Waals surface area contributed by atoms with Crippen molar-refractivity contribution in [2.75, 3.05) is 13.2 Å². The average Bonchev–Trinajstić information content (AvgIpc) is 3.46. The number of benzene rings is 1. The van der Waals surface area contributed by atoms with Gasteiger partial charge in [-0.1, -0.05) is 362 Å². The van der Waals surface area contributed by atoms with E-state index in [1.54, 1.807) is 12.1 Å². The number of hydrogen-bond acceptors (Lipinski definition) is 5. The highest BCUT2D eigenvalue weighted by Gasteiger charge is 2.22. The van der Waals surface area contributed by atoms with Crippen molar-refractivity contribution in [3.05, 3.63) is 34.4 Å². The van der Waals surface area contributed by atoms with Gasteiger partial charge in [0.2, 0.25) is 0 Å². The van der Waals surface area contributed by atoms with Crippen molar-refractivity contribution < 1.29 is 23.9 Å². The van der Waals surface area contributed by atoms with Crippen LogP contribution in [0.5, 0.6) is 0 Å². The van der Waals surface area contributed by atoms with Crippen molar-refractivity contribution in [2.45, 2.75) is 394 Å². The highest BCUT2D eigenvalue weighted by molar-refractivity contribution is 6.02. The lowest BCUT2D eigenvalue weighted by Crippen LogP contribution is -2.19. The molecule has 0 aliphatic rings. The number of unbranched alkanes of at least 4 members (excludes halogenated alkanes) is 48. The van der Waals surface area contributed by atoms with E-state index in [1.165, 1.54) is 321 Å². The lowest BCUT2D eigenvalue weighted by molar-refractivity contribution is 0.0417. The van der Waals surface area contributed by atoms with Crippen molar-refractivity contribution in [3.63, 3.8) is 0 Å². The van der Waals surface area contributed by atoms with Gasteiger partial charge < -0.3 is 9.47 Å². The van der Waals surface area contributed by atoms with Gasteiger partial charge in [-0.3, -0.25) is 4.79 Å². The van der Waals surface area contributed by atoms with Gasteiger partial charge in [0.05, 0.1) is 24.3 Å². The Morgan fingerprint density at radius 2 is 0.519 bits per heavy atom. The van der Waals surface area contributed by atoms with Crippen LogP contribution >= 0.6 is 0 Å². The summed E-state index contributed by atoms with van der Waals surface area (Å²) in [5.74, 6) is -0.252. The molecule has 2 unspecified atom stereocenters. The molecule has 79 heavy (non-hydrogen) atoms. The largest absolute Gasteiger partial charge is 0.462 e. The first-order valence-corrected chi connectivity index (χ1v) is 35.9. The summed E-state index contributed by atoms with van der Waals surface area (Å²) in [6.07, 6.45) is 74.8. The van der Waals surface area contributed by atoms with E-state index in [0.29, 0.717) is 36.2 Å². The average molecular weight is 1110 g/mol. The Morgan fingerprint density at radius 1 is 0.316 bits per heavy atom. The smallest absolute Gasteiger partial charge is 0.338 e. The number of ether oxygens (including phenoxy) is 2. The Bertz CT molecular complexity index is 1470. The van der Waals surface area contributed by atoms with Gasteiger partial charge in [-0.25, -0.2) is 9.59 Å². The molecule has 0 saturated heterocycles. The van der Waals surface area contributed by atoms with E-state index < -0.39 is 11.9 Å². The molecule has 1 aromatic carbocycles. The fourth-order valence-corrected chi connectivity index (χ4v) is 12.2. The Kier molecular flexibility index (Phi) is 55.9. The maximum absolute atomic E-state index is 13.9. The lowest BCUT2D eigenvalue weighted by Gasteiger charge is -2.19. The van der Waals surface area contributed by atoms with E-state index in [-0.39, 0.29) is 11.1 Å². The second-order valence-corrected chi connectivity index (χ2v) is 25.4. The second-order valence-electron chi connectivity index (χ2n) is 25.4. The first kappa shape index (κ1) is 74.8. The molecule has 1 rings (SSSR count). The highest BCUT2D eigenvalue weighted by Crippen LogP contribution is 2.26. The first-order valence-electron chi connectivity index (χ1n) is 35.9. The summed E-state index contributed by atoms with van der Waals surface area (Å²) < 4.78 is 12.3. The van der Waals surface area contributed by atoms with E-state index in [2.05, 4.69) is 27.7 Å². The minimum Gasteiger partial charge on any atom is -0.462 e. The fourth-order valence-electron chi connectivity index (χ4n) is 12.2. The van der Waals surface area contributed by atoms with Crippen molar-refractivity contribution >= 4 is 18.2 Å². The van der Waals surface area contributed by atoms with Crippen LogP contribution in [0.1, 0.15) is 424 Å². The van der Waals surface area contributed by atoms with Gasteiger partial charge >= 0.3 is 11.9 Å². The molecule has 0 aliphatic heterocycles. The molecule has 0 fully saturated rings. The molecule has 0 spiro atoms. The summed E-state index contributed by atoms with van der Waals surface area (Å²) in [6, 6.07) is 3.27. The minimum absolute atomic E-state index is 0.184. The lowest BCUT2D eigenvalue weighted by atomic mass is 9.94. The SMILES string of the molecule is CCCCCCCCCCCCCCCCC(CCCCCCCCCCCCCC)COC(=O)c1cc(C(=O)OCC(CCCCCCCCCCCCCC)CCCCCCCCCCCCCCCC)c(C=O)cc1C. The number of carbonyl (C=O) groups excluding carboxylic acids is 3. The van der Waals surface area contributed by atoms with Crippen LogP contribution in [0.4, 0.5) is 0 Å². The molecular formula is C74H136O5. The molecule has 5 nitrogen and oxygen atoms in total. The van der Waals surface area contributed by atoms with Crippen LogP contribution in [0.15, 0.2) is 12.1 Å². The molecule has 5 heteroatoms. The normalized spacial score (nSPS) is 12.3. The van der Waals surface area contributed by atoms with Gasteiger partial charge in [-0.2, -0.15) is 0 Å². The number of aryl methyl sites for hydroxylation is 1. The zero-order valence-electron chi connectivity index (χ0n) is 53.9. The van der Waals surface area contributed by atoms with Crippen molar-refractivity contribution in [3.8, 4) is 0 Å². The van der Waals surface area contributed by atoms with Crippen LogP contribution in [0.3, 0.4) is 0 Å². The van der Waals surface area contributed by atoms with E-state index in [0.717, 1.165) is 44.8 Å². The molecule has 462 valence electrons. The van der Waals surface area contributed by atoms with Gasteiger partial charge in [0.15, 0.2) is 6.29 Å². The predicted molar refractivity (Wildman–Crippen MR) is 345 cm³/mol. The third-order valence-electron chi connectivity index (χ3n) is 17.7. The van der Waals surface area contributed by atoms with E-state index in [1.807, 2.05) is 6.92 Å². The molecule has 0 radical (unpaired) electrons. The van der Waals surface area contributed by atoms with Crippen LogP contribution in [-0.4, -0.2) is 31.4 Å². The summed E-state index contributed by atoms with van der Waals surface area (Å²) in [7, 11) is 0. The van der Waals surface area contributed by atoms with Crippen molar-refractivity contribution in [1.29, 1.82) is 0 Å². The molecule has 0 saturated carbocycles. The van der Waals surface area contributed by atoms with Crippen molar-refractivity contribution in [1.82, 2.24) is 0 Å². The van der Waals surface area contributed by atoms with Gasteiger partial charge in [0, 0.05) is 5.56 Å². The van der Waals surface area contributed by atoms with Crippen LogP contribution in [0.2, 0.25) is 0 Å². The number of hydrogen-bond donors (Lipinski definition) is 0. The third-order valence-corrected chi connectivity index (χ3v) is 17.7. The standard InChI is InChI=1S/C74H136O5/c1-6-10-14-18-22-26-30-34-36-40-44-48-51-55-59-68(58-54-50-46-42-38-32-28-24-20-16-12-8-3)65-78-73(76)71-63-72(70(64-75)62-67(71)5)74(77)79-66-69(60-56-52-47-43-39-33-29-25-21-17-13-9-4)61-57-53-49-45-41-37-35-31-27-23-19-15-11-7-2/h62-64,68-69H,6-61,65-66H2,1-5H3. The third kappa shape index (κ3) is 46.9. The van der Waals surface area contributed by atoms with E-state index in [9.17, 15) is 14.4 Å². The molecule has 2 atom stereocenters. The van der Waals surface area contributed by atoms with Crippen LogP contribution < -0.4 is 0 Å². The highest BCUT2D eigenvalue weighted by atomic mass is 16.5. The summed E-state index contributed by atoms with van der Waals surface area (Å²) in [5, 5.41) is 0.